The minimum Gasteiger partial charge on any atom is -0.497 e. The molecule has 1 N–H and O–H groups in total. The zero-order valence-corrected chi connectivity index (χ0v) is 11.1. The van der Waals surface area contributed by atoms with Gasteiger partial charge in [-0.25, -0.2) is 0 Å². The molecule has 1 aromatic rings. The maximum atomic E-state index is 5.30. The van der Waals surface area contributed by atoms with Gasteiger partial charge in [0.05, 0.1) is 7.11 Å². The monoisotopic (exact) mass is 233 g/mol. The van der Waals surface area contributed by atoms with Crippen molar-refractivity contribution < 1.29 is 4.74 Å². The van der Waals surface area contributed by atoms with Gasteiger partial charge in [0.15, 0.2) is 0 Å². The van der Waals surface area contributed by atoms with Gasteiger partial charge in [-0.1, -0.05) is 13.0 Å². The van der Waals surface area contributed by atoms with Crippen LogP contribution in [0.5, 0.6) is 5.75 Å². The van der Waals surface area contributed by atoms with E-state index in [1.165, 1.54) is 36.8 Å². The highest BCUT2D eigenvalue weighted by Crippen LogP contribution is 2.32. The Kier molecular flexibility index (Phi) is 4.06. The van der Waals surface area contributed by atoms with E-state index >= 15 is 0 Å². The summed E-state index contributed by atoms with van der Waals surface area (Å²) in [4.78, 5) is 0. The van der Waals surface area contributed by atoms with Crippen molar-refractivity contribution in [1.29, 1.82) is 0 Å². The van der Waals surface area contributed by atoms with E-state index in [9.17, 15) is 0 Å². The zero-order valence-electron chi connectivity index (χ0n) is 11.1. The summed E-state index contributed by atoms with van der Waals surface area (Å²) in [6.07, 6.45) is 4.89. The number of hydrogen-bond acceptors (Lipinski definition) is 2. The molecule has 0 aliphatic heterocycles. The van der Waals surface area contributed by atoms with E-state index in [2.05, 4.69) is 37.4 Å². The fraction of sp³-hybridized carbons (Fsp3) is 0.600. The summed E-state index contributed by atoms with van der Waals surface area (Å²) in [7, 11) is 1.74. The minimum atomic E-state index is 0.527. The highest BCUT2D eigenvalue weighted by Gasteiger charge is 2.21. The molecule has 0 amide bonds. The van der Waals surface area contributed by atoms with Crippen LogP contribution in [0, 0.1) is 0 Å². The zero-order chi connectivity index (χ0) is 12.3. The Balaban J connectivity index is 2.19. The van der Waals surface area contributed by atoms with Crippen LogP contribution in [0.25, 0.3) is 0 Å². The molecule has 17 heavy (non-hydrogen) atoms. The first-order valence-electron chi connectivity index (χ1n) is 6.67. The molecule has 2 nitrogen and oxygen atoms in total. The number of methoxy groups -OCH3 is 1. The molecular formula is C15H23NO. The summed E-state index contributed by atoms with van der Waals surface area (Å²) in [5.74, 6) is 0.980. The minimum absolute atomic E-state index is 0.527. The molecule has 0 radical (unpaired) electrons. The van der Waals surface area contributed by atoms with Crippen molar-refractivity contribution in [2.24, 2.45) is 0 Å². The van der Waals surface area contributed by atoms with Crippen molar-refractivity contribution in [1.82, 2.24) is 5.32 Å². The Hall–Kier alpha value is -1.02. The number of ether oxygens (including phenoxy) is 1. The predicted octanol–water partition coefficient (Wildman–Crippen LogP) is 3.46. The Labute approximate surface area is 104 Å². The van der Waals surface area contributed by atoms with Gasteiger partial charge in [0.25, 0.3) is 0 Å². The Morgan fingerprint density at radius 2 is 2.29 bits per heavy atom. The van der Waals surface area contributed by atoms with Gasteiger partial charge in [0.2, 0.25) is 0 Å². The quantitative estimate of drug-likeness (QED) is 0.860. The first-order valence-corrected chi connectivity index (χ1v) is 6.67. The number of rotatable bonds is 4. The molecule has 94 valence electrons. The molecule has 1 aromatic carbocycles. The highest BCUT2D eigenvalue weighted by atomic mass is 16.5. The Morgan fingerprint density at radius 1 is 1.47 bits per heavy atom. The Morgan fingerprint density at radius 3 is 3.00 bits per heavy atom. The van der Waals surface area contributed by atoms with Crippen LogP contribution in [0.15, 0.2) is 18.2 Å². The number of hydrogen-bond donors (Lipinski definition) is 1. The van der Waals surface area contributed by atoms with Crippen LogP contribution >= 0.6 is 0 Å². The molecule has 1 aliphatic rings. The lowest BCUT2D eigenvalue weighted by Crippen LogP contribution is -2.32. The summed E-state index contributed by atoms with van der Waals surface area (Å²) in [5.41, 5.74) is 2.92. The predicted molar refractivity (Wildman–Crippen MR) is 71.6 cm³/mol. The standard InChI is InChI=1S/C15H23NO/c1-4-11(2)16-15-7-5-6-12-10-13(17-3)8-9-14(12)15/h8-11,15-16H,4-7H2,1-3H3. The van der Waals surface area contributed by atoms with Crippen molar-refractivity contribution in [3.8, 4) is 5.75 Å². The van der Waals surface area contributed by atoms with Crippen LogP contribution in [0.4, 0.5) is 0 Å². The largest absolute Gasteiger partial charge is 0.497 e. The molecule has 0 aromatic heterocycles. The summed E-state index contributed by atoms with van der Waals surface area (Å²) >= 11 is 0. The van der Waals surface area contributed by atoms with Crippen molar-refractivity contribution >= 4 is 0 Å². The number of aryl methyl sites for hydroxylation is 1. The lowest BCUT2D eigenvalue weighted by molar-refractivity contribution is 0.395. The van der Waals surface area contributed by atoms with Gasteiger partial charge in [-0.05, 0) is 55.9 Å². The van der Waals surface area contributed by atoms with Gasteiger partial charge in [0, 0.05) is 12.1 Å². The van der Waals surface area contributed by atoms with E-state index in [1.54, 1.807) is 7.11 Å². The van der Waals surface area contributed by atoms with Crippen molar-refractivity contribution in [3.05, 3.63) is 29.3 Å². The van der Waals surface area contributed by atoms with Crippen LogP contribution in [-0.2, 0) is 6.42 Å². The van der Waals surface area contributed by atoms with Crippen LogP contribution in [0.2, 0.25) is 0 Å². The third-order valence-electron chi connectivity index (χ3n) is 3.76. The van der Waals surface area contributed by atoms with Crippen LogP contribution in [0.1, 0.15) is 50.3 Å². The van der Waals surface area contributed by atoms with Crippen LogP contribution in [0.3, 0.4) is 0 Å². The SMILES string of the molecule is CCC(C)NC1CCCc2cc(OC)ccc21. The number of fused-ring (bicyclic) bond motifs is 1. The van der Waals surface area contributed by atoms with Gasteiger partial charge in [-0.3, -0.25) is 0 Å². The molecule has 0 fully saturated rings. The summed E-state index contributed by atoms with van der Waals surface area (Å²) in [6.45, 7) is 4.49. The average molecular weight is 233 g/mol. The molecule has 0 spiro atoms. The average Bonchev–Trinajstić information content (AvgIpc) is 2.38. The second kappa shape index (κ2) is 5.54. The molecule has 0 bridgehead atoms. The summed E-state index contributed by atoms with van der Waals surface area (Å²) in [6, 6.07) is 7.62. The third kappa shape index (κ3) is 2.81. The maximum absolute atomic E-state index is 5.30. The fourth-order valence-corrected chi connectivity index (χ4v) is 2.55. The topological polar surface area (TPSA) is 21.3 Å². The van der Waals surface area contributed by atoms with Crippen molar-refractivity contribution in [2.75, 3.05) is 7.11 Å². The van der Waals surface area contributed by atoms with Crippen molar-refractivity contribution in [2.45, 2.75) is 51.6 Å². The normalized spacial score (nSPS) is 20.8. The lowest BCUT2D eigenvalue weighted by Gasteiger charge is -2.29. The van der Waals surface area contributed by atoms with E-state index < -0.39 is 0 Å². The summed E-state index contributed by atoms with van der Waals surface area (Å²) in [5, 5.41) is 3.72. The molecule has 0 saturated heterocycles. The van der Waals surface area contributed by atoms with Crippen LogP contribution < -0.4 is 10.1 Å². The van der Waals surface area contributed by atoms with Gasteiger partial charge >= 0.3 is 0 Å². The van der Waals surface area contributed by atoms with Crippen molar-refractivity contribution in [3.63, 3.8) is 0 Å². The van der Waals surface area contributed by atoms with Gasteiger partial charge < -0.3 is 10.1 Å². The van der Waals surface area contributed by atoms with E-state index in [1.807, 2.05) is 0 Å². The van der Waals surface area contributed by atoms with Gasteiger partial charge in [0.1, 0.15) is 5.75 Å². The van der Waals surface area contributed by atoms with E-state index in [0.29, 0.717) is 12.1 Å². The second-order valence-electron chi connectivity index (χ2n) is 4.99. The first-order chi connectivity index (χ1) is 8.24. The Bertz CT molecular complexity index is 375. The van der Waals surface area contributed by atoms with E-state index in [-0.39, 0.29) is 0 Å². The van der Waals surface area contributed by atoms with E-state index in [0.717, 1.165) is 5.75 Å². The van der Waals surface area contributed by atoms with Gasteiger partial charge in [-0.15, -0.1) is 0 Å². The molecule has 2 heteroatoms. The smallest absolute Gasteiger partial charge is 0.119 e. The number of benzene rings is 1. The number of nitrogens with one attached hydrogen (secondary N) is 1. The third-order valence-corrected chi connectivity index (χ3v) is 3.76. The summed E-state index contributed by atoms with van der Waals surface area (Å²) < 4.78 is 5.30. The molecular weight excluding hydrogens is 210 g/mol. The highest BCUT2D eigenvalue weighted by molar-refractivity contribution is 5.39. The van der Waals surface area contributed by atoms with Crippen LogP contribution in [-0.4, -0.2) is 13.2 Å². The van der Waals surface area contributed by atoms with Gasteiger partial charge in [-0.2, -0.15) is 0 Å². The lowest BCUT2D eigenvalue weighted by atomic mass is 9.87. The fourth-order valence-electron chi connectivity index (χ4n) is 2.55. The van der Waals surface area contributed by atoms with E-state index in [4.69, 9.17) is 4.74 Å². The second-order valence-corrected chi connectivity index (χ2v) is 4.99. The molecule has 0 saturated carbocycles. The molecule has 2 atom stereocenters. The first kappa shape index (κ1) is 12.4. The molecule has 2 rings (SSSR count). The molecule has 0 heterocycles. The molecule has 1 aliphatic carbocycles. The molecule has 2 unspecified atom stereocenters. The maximum Gasteiger partial charge on any atom is 0.119 e.